The maximum absolute atomic E-state index is 11.3. The molecule has 0 saturated heterocycles. The minimum atomic E-state index is -0.462. The van der Waals surface area contributed by atoms with Gasteiger partial charge in [0.15, 0.2) is 0 Å². The van der Waals surface area contributed by atoms with Crippen LogP contribution in [0.25, 0.3) is 0 Å². The molecule has 10 nitrogen and oxygen atoms in total. The predicted molar refractivity (Wildman–Crippen MR) is 206 cm³/mol. The molecule has 0 fully saturated rings. The Bertz CT molecular complexity index is 2130. The average molecular weight is 723 g/mol. The standard InChI is InChI=1S/2C22H19NO4/c2*1-26-19-9-10-22(21(14-19)23(24)25)27-20-8-7-16-11-17(12-18(16)13-20)15-5-3-2-4-6-15/h2*2-10,13-14,17H,11-12H2,1H3. The van der Waals surface area contributed by atoms with E-state index in [-0.39, 0.29) is 22.9 Å². The summed E-state index contributed by atoms with van der Waals surface area (Å²) >= 11 is 0. The van der Waals surface area contributed by atoms with Crippen LogP contribution in [0, 0.1) is 20.2 Å². The Balaban J connectivity index is 0.000000167. The molecule has 8 rings (SSSR count). The van der Waals surface area contributed by atoms with E-state index >= 15 is 0 Å². The third-order valence-electron chi connectivity index (χ3n) is 9.94. The Morgan fingerprint density at radius 3 is 1.20 bits per heavy atom. The molecule has 2 atom stereocenters. The first-order valence-corrected chi connectivity index (χ1v) is 17.6. The van der Waals surface area contributed by atoms with Gasteiger partial charge in [-0.3, -0.25) is 20.2 Å². The molecule has 0 amide bonds. The van der Waals surface area contributed by atoms with E-state index in [0.717, 1.165) is 25.7 Å². The number of ether oxygens (including phenoxy) is 4. The van der Waals surface area contributed by atoms with Gasteiger partial charge < -0.3 is 18.9 Å². The first-order chi connectivity index (χ1) is 26.3. The second-order valence-electron chi connectivity index (χ2n) is 13.3. The van der Waals surface area contributed by atoms with Gasteiger partial charge in [-0.25, -0.2) is 0 Å². The van der Waals surface area contributed by atoms with E-state index in [1.807, 2.05) is 36.4 Å². The number of fused-ring (bicyclic) bond motifs is 2. The van der Waals surface area contributed by atoms with Crippen molar-refractivity contribution in [2.75, 3.05) is 14.2 Å². The molecule has 0 heterocycles. The number of nitro benzene ring substituents is 2. The van der Waals surface area contributed by atoms with Crippen molar-refractivity contribution in [1.29, 1.82) is 0 Å². The van der Waals surface area contributed by atoms with Crippen LogP contribution in [0.5, 0.6) is 34.5 Å². The number of rotatable bonds is 10. The molecule has 0 aliphatic heterocycles. The van der Waals surface area contributed by atoms with E-state index in [9.17, 15) is 20.2 Å². The summed E-state index contributed by atoms with van der Waals surface area (Å²) in [7, 11) is 2.95. The molecule has 272 valence electrons. The zero-order valence-corrected chi connectivity index (χ0v) is 29.8. The van der Waals surface area contributed by atoms with Crippen LogP contribution in [-0.4, -0.2) is 24.1 Å². The van der Waals surface area contributed by atoms with E-state index in [2.05, 4.69) is 60.7 Å². The minimum absolute atomic E-state index is 0.114. The summed E-state index contributed by atoms with van der Waals surface area (Å²) in [6.07, 6.45) is 3.90. The second-order valence-corrected chi connectivity index (χ2v) is 13.3. The van der Waals surface area contributed by atoms with Crippen LogP contribution in [0.2, 0.25) is 0 Å². The number of nitro groups is 2. The van der Waals surface area contributed by atoms with Gasteiger partial charge in [0.25, 0.3) is 0 Å². The lowest BCUT2D eigenvalue weighted by Crippen LogP contribution is -1.96. The summed E-state index contributed by atoms with van der Waals surface area (Å²) in [5, 5.41) is 22.7. The summed E-state index contributed by atoms with van der Waals surface area (Å²) in [5.41, 5.74) is 7.52. The van der Waals surface area contributed by atoms with Crippen LogP contribution in [0.15, 0.2) is 133 Å². The van der Waals surface area contributed by atoms with Gasteiger partial charge >= 0.3 is 11.4 Å². The van der Waals surface area contributed by atoms with Crippen molar-refractivity contribution >= 4 is 11.4 Å². The smallest absolute Gasteiger partial charge is 0.315 e. The van der Waals surface area contributed by atoms with Crippen molar-refractivity contribution in [1.82, 2.24) is 0 Å². The van der Waals surface area contributed by atoms with Gasteiger partial charge in [0.1, 0.15) is 23.0 Å². The largest absolute Gasteiger partial charge is 0.496 e. The molecule has 0 N–H and O–H groups in total. The van der Waals surface area contributed by atoms with Crippen molar-refractivity contribution in [2.24, 2.45) is 0 Å². The zero-order chi connectivity index (χ0) is 37.6. The Kier molecular flexibility index (Phi) is 10.5. The minimum Gasteiger partial charge on any atom is -0.496 e. The fourth-order valence-electron chi connectivity index (χ4n) is 7.20. The molecule has 0 bridgehead atoms. The number of nitrogens with zero attached hydrogens (tertiary/aromatic N) is 2. The van der Waals surface area contributed by atoms with Crippen molar-refractivity contribution < 1.29 is 28.8 Å². The van der Waals surface area contributed by atoms with Gasteiger partial charge in [-0.05, 0) is 119 Å². The van der Waals surface area contributed by atoms with Gasteiger partial charge in [0.05, 0.1) is 36.2 Å². The summed E-state index contributed by atoms with van der Waals surface area (Å²) in [4.78, 5) is 21.8. The average Bonchev–Trinajstić information content (AvgIpc) is 3.83. The summed E-state index contributed by atoms with van der Waals surface area (Å²) < 4.78 is 21.8. The van der Waals surface area contributed by atoms with Crippen molar-refractivity contribution in [2.45, 2.75) is 37.5 Å². The predicted octanol–water partition coefficient (Wildman–Crippen LogP) is 10.6. The van der Waals surface area contributed by atoms with E-state index in [1.54, 1.807) is 24.3 Å². The number of methoxy groups -OCH3 is 2. The highest BCUT2D eigenvalue weighted by Gasteiger charge is 2.26. The van der Waals surface area contributed by atoms with Crippen molar-refractivity contribution in [3.05, 3.63) is 187 Å². The summed E-state index contributed by atoms with van der Waals surface area (Å²) in [6.45, 7) is 0. The molecule has 0 spiro atoms. The van der Waals surface area contributed by atoms with E-state index in [0.29, 0.717) is 34.8 Å². The maximum Gasteiger partial charge on any atom is 0.315 e. The van der Waals surface area contributed by atoms with Crippen molar-refractivity contribution in [3.63, 3.8) is 0 Å². The molecule has 2 unspecified atom stereocenters. The molecule has 54 heavy (non-hydrogen) atoms. The molecule has 6 aromatic carbocycles. The quantitative estimate of drug-likeness (QED) is 0.101. The van der Waals surface area contributed by atoms with Gasteiger partial charge in [0.2, 0.25) is 11.5 Å². The molecule has 10 heteroatoms. The molecule has 6 aromatic rings. The monoisotopic (exact) mass is 722 g/mol. The first-order valence-electron chi connectivity index (χ1n) is 17.6. The lowest BCUT2D eigenvalue weighted by molar-refractivity contribution is -0.385. The van der Waals surface area contributed by atoms with E-state index in [4.69, 9.17) is 18.9 Å². The Morgan fingerprint density at radius 2 is 0.833 bits per heavy atom. The van der Waals surface area contributed by atoms with Gasteiger partial charge in [-0.15, -0.1) is 0 Å². The van der Waals surface area contributed by atoms with Gasteiger partial charge in [-0.2, -0.15) is 0 Å². The molecule has 2 aliphatic rings. The van der Waals surface area contributed by atoms with Gasteiger partial charge in [-0.1, -0.05) is 72.8 Å². The SMILES string of the molecule is COc1ccc(Oc2ccc3c(c2)CC(c2ccccc2)C3)c([N+](=O)[O-])c1.COc1ccc(Oc2ccc3c(c2)CC(c2ccccc2)C3)c([N+](=O)[O-])c1. The fourth-order valence-corrected chi connectivity index (χ4v) is 7.20. The highest BCUT2D eigenvalue weighted by atomic mass is 16.6. The van der Waals surface area contributed by atoms with Crippen LogP contribution < -0.4 is 18.9 Å². The highest BCUT2D eigenvalue weighted by Crippen LogP contribution is 2.41. The molecule has 2 aliphatic carbocycles. The molecule has 0 radical (unpaired) electrons. The molecule has 0 saturated carbocycles. The zero-order valence-electron chi connectivity index (χ0n) is 29.8. The third-order valence-corrected chi connectivity index (χ3v) is 9.94. The van der Waals surface area contributed by atoms with Crippen LogP contribution >= 0.6 is 0 Å². The maximum atomic E-state index is 11.3. The van der Waals surface area contributed by atoms with E-state index in [1.165, 1.54) is 59.7 Å². The lowest BCUT2D eigenvalue weighted by atomic mass is 9.96. The van der Waals surface area contributed by atoms with E-state index < -0.39 is 9.85 Å². The summed E-state index contributed by atoms with van der Waals surface area (Å²) in [6, 6.07) is 42.0. The Hall–Kier alpha value is -6.68. The van der Waals surface area contributed by atoms with Gasteiger partial charge in [0, 0.05) is 0 Å². The fraction of sp³-hybridized carbons (Fsp3) is 0.182. The number of hydrogen-bond donors (Lipinski definition) is 0. The number of benzene rings is 6. The van der Waals surface area contributed by atoms with Crippen molar-refractivity contribution in [3.8, 4) is 34.5 Å². The van der Waals surface area contributed by atoms with Crippen LogP contribution in [0.3, 0.4) is 0 Å². The van der Waals surface area contributed by atoms with Crippen LogP contribution in [0.1, 0.15) is 45.2 Å². The first kappa shape index (κ1) is 35.7. The third kappa shape index (κ3) is 8.03. The molecular formula is C44H38N2O8. The number of hydrogen-bond acceptors (Lipinski definition) is 8. The van der Waals surface area contributed by atoms with Crippen LogP contribution in [-0.2, 0) is 25.7 Å². The second kappa shape index (κ2) is 15.9. The Labute approximate surface area is 312 Å². The Morgan fingerprint density at radius 1 is 0.463 bits per heavy atom. The summed E-state index contributed by atoms with van der Waals surface area (Å²) in [5.74, 6) is 3.41. The highest BCUT2D eigenvalue weighted by molar-refractivity contribution is 5.55. The lowest BCUT2D eigenvalue weighted by Gasteiger charge is -2.09. The normalized spacial score (nSPS) is 15.2. The van der Waals surface area contributed by atoms with Crippen LogP contribution in [0.4, 0.5) is 11.4 Å². The molecular weight excluding hydrogens is 684 g/mol. The topological polar surface area (TPSA) is 123 Å². The molecule has 0 aromatic heterocycles.